The van der Waals surface area contributed by atoms with Crippen molar-refractivity contribution in [1.29, 1.82) is 0 Å². The van der Waals surface area contributed by atoms with Crippen molar-refractivity contribution in [2.45, 2.75) is 51.5 Å². The monoisotopic (exact) mass is 355 g/mol. The van der Waals surface area contributed by atoms with Crippen molar-refractivity contribution >= 4 is 17.5 Å². The van der Waals surface area contributed by atoms with Crippen molar-refractivity contribution in [2.24, 2.45) is 5.41 Å². The van der Waals surface area contributed by atoms with Crippen LogP contribution >= 0.6 is 0 Å². The molecule has 2 amide bonds. The van der Waals surface area contributed by atoms with Crippen LogP contribution in [0.5, 0.6) is 0 Å². The largest absolute Gasteiger partial charge is 0.368 e. The van der Waals surface area contributed by atoms with E-state index < -0.39 is 5.41 Å². The van der Waals surface area contributed by atoms with Crippen molar-refractivity contribution < 1.29 is 9.59 Å². The molecule has 4 rings (SSSR count). The number of anilines is 1. The molecule has 1 saturated heterocycles. The zero-order valence-electron chi connectivity index (χ0n) is 15.7. The number of nitrogens with one attached hydrogen (secondary N) is 1. The summed E-state index contributed by atoms with van der Waals surface area (Å²) in [5.74, 6) is 0.0346. The maximum Gasteiger partial charge on any atom is 0.238 e. The lowest BCUT2D eigenvalue weighted by atomic mass is 10.0. The summed E-state index contributed by atoms with van der Waals surface area (Å²) in [7, 11) is 0. The first-order valence-electron chi connectivity index (χ1n) is 10.0. The highest BCUT2D eigenvalue weighted by atomic mass is 16.2. The highest BCUT2D eigenvalue weighted by Crippen LogP contribution is 2.48. The Hall–Kier alpha value is -2.04. The smallest absolute Gasteiger partial charge is 0.238 e. The third kappa shape index (κ3) is 3.31. The molecule has 0 atom stereocenters. The molecule has 3 fully saturated rings. The van der Waals surface area contributed by atoms with Gasteiger partial charge in [0.2, 0.25) is 11.8 Å². The molecule has 1 N–H and O–H groups in total. The zero-order chi connectivity index (χ0) is 18.1. The van der Waals surface area contributed by atoms with Crippen LogP contribution < -0.4 is 10.2 Å². The predicted octanol–water partition coefficient (Wildman–Crippen LogP) is 2.48. The maximum atomic E-state index is 13.0. The van der Waals surface area contributed by atoms with E-state index in [1.807, 2.05) is 4.90 Å². The Labute approximate surface area is 155 Å². The number of piperazine rings is 1. The molecular formula is C21H29N3O2. The highest BCUT2D eigenvalue weighted by molar-refractivity contribution is 6.08. The number of nitrogens with zero attached hydrogens (tertiary/aromatic N) is 2. The van der Waals surface area contributed by atoms with Crippen molar-refractivity contribution in [2.75, 3.05) is 31.1 Å². The first kappa shape index (κ1) is 17.4. The van der Waals surface area contributed by atoms with Gasteiger partial charge in [-0.25, -0.2) is 0 Å². The van der Waals surface area contributed by atoms with E-state index >= 15 is 0 Å². The minimum Gasteiger partial charge on any atom is -0.368 e. The lowest BCUT2D eigenvalue weighted by Crippen LogP contribution is -2.54. The number of rotatable bonds is 4. The second kappa shape index (κ2) is 6.93. The summed E-state index contributed by atoms with van der Waals surface area (Å²) < 4.78 is 0. The standard InChI is InChI=1S/C21H29N3O2/c1-16-5-4-8-18(15-16)23-11-13-24(14-12-23)20(26)21(9-10-21)19(25)22-17-6-2-3-7-17/h4-5,8,15,17H,2-3,6-7,9-14H2,1H3,(H,22,25). The summed E-state index contributed by atoms with van der Waals surface area (Å²) in [6.07, 6.45) is 5.92. The van der Waals surface area contributed by atoms with Crippen molar-refractivity contribution in [1.82, 2.24) is 10.2 Å². The van der Waals surface area contributed by atoms with Crippen LogP contribution in [-0.2, 0) is 9.59 Å². The molecule has 5 heteroatoms. The SMILES string of the molecule is Cc1cccc(N2CCN(C(=O)C3(C(=O)NC4CCCC4)CC3)CC2)c1. The van der Waals surface area contributed by atoms with Crippen molar-refractivity contribution in [3.05, 3.63) is 29.8 Å². The summed E-state index contributed by atoms with van der Waals surface area (Å²) in [5, 5.41) is 3.15. The van der Waals surface area contributed by atoms with Crippen molar-refractivity contribution in [3.63, 3.8) is 0 Å². The van der Waals surface area contributed by atoms with Gasteiger partial charge in [-0.1, -0.05) is 25.0 Å². The molecule has 26 heavy (non-hydrogen) atoms. The van der Waals surface area contributed by atoms with Crippen LogP contribution in [0.25, 0.3) is 0 Å². The first-order valence-corrected chi connectivity index (χ1v) is 10.0. The van der Waals surface area contributed by atoms with E-state index in [0.717, 1.165) is 25.9 Å². The van der Waals surface area contributed by atoms with Crippen LogP contribution in [0.4, 0.5) is 5.69 Å². The van der Waals surface area contributed by atoms with E-state index in [-0.39, 0.29) is 17.9 Å². The second-order valence-electron chi connectivity index (χ2n) is 8.16. The van der Waals surface area contributed by atoms with E-state index in [1.54, 1.807) is 0 Å². The number of amides is 2. The molecule has 1 aromatic carbocycles. The molecule has 1 aromatic rings. The van der Waals surface area contributed by atoms with Crippen LogP contribution in [0.1, 0.15) is 44.1 Å². The third-order valence-electron chi connectivity index (χ3n) is 6.22. The number of carbonyl (C=O) groups is 2. The van der Waals surface area contributed by atoms with Gasteiger partial charge in [-0.2, -0.15) is 0 Å². The zero-order valence-corrected chi connectivity index (χ0v) is 15.7. The third-order valence-corrected chi connectivity index (χ3v) is 6.22. The van der Waals surface area contributed by atoms with Gasteiger partial charge in [0, 0.05) is 37.9 Å². The topological polar surface area (TPSA) is 52.7 Å². The Morgan fingerprint density at radius 1 is 1.08 bits per heavy atom. The van der Waals surface area contributed by atoms with Gasteiger partial charge in [-0.15, -0.1) is 0 Å². The Bertz CT molecular complexity index is 684. The van der Waals surface area contributed by atoms with Crippen molar-refractivity contribution in [3.8, 4) is 0 Å². The molecule has 0 spiro atoms. The minimum atomic E-state index is -0.756. The summed E-state index contributed by atoms with van der Waals surface area (Å²) in [6, 6.07) is 8.78. The van der Waals surface area contributed by atoms with Crippen LogP contribution in [0, 0.1) is 12.3 Å². The number of hydrogen-bond acceptors (Lipinski definition) is 3. The molecule has 2 saturated carbocycles. The average Bonchev–Trinajstić information content (AvgIpc) is 3.32. The first-order chi connectivity index (χ1) is 12.6. The summed E-state index contributed by atoms with van der Waals surface area (Å²) in [5.41, 5.74) is 1.72. The number of benzene rings is 1. The van der Waals surface area contributed by atoms with Gasteiger partial charge in [0.05, 0.1) is 0 Å². The summed E-state index contributed by atoms with van der Waals surface area (Å²) in [6.45, 7) is 5.16. The molecule has 2 aliphatic carbocycles. The van der Waals surface area contributed by atoms with E-state index in [0.29, 0.717) is 25.9 Å². The Morgan fingerprint density at radius 3 is 2.38 bits per heavy atom. The van der Waals surface area contributed by atoms with Gasteiger partial charge in [0.15, 0.2) is 0 Å². The molecule has 0 radical (unpaired) electrons. The Balaban J connectivity index is 1.35. The molecule has 0 unspecified atom stereocenters. The predicted molar refractivity (Wildman–Crippen MR) is 102 cm³/mol. The van der Waals surface area contributed by atoms with Crippen LogP contribution in [0.15, 0.2) is 24.3 Å². The fraction of sp³-hybridized carbons (Fsp3) is 0.619. The van der Waals surface area contributed by atoms with Crippen LogP contribution in [0.3, 0.4) is 0 Å². The Morgan fingerprint density at radius 2 is 1.77 bits per heavy atom. The van der Waals surface area contributed by atoms with E-state index in [1.165, 1.54) is 24.1 Å². The van der Waals surface area contributed by atoms with Gasteiger partial charge in [-0.05, 0) is 50.3 Å². The number of hydrogen-bond donors (Lipinski definition) is 1. The summed E-state index contributed by atoms with van der Waals surface area (Å²) in [4.78, 5) is 30.0. The molecule has 1 heterocycles. The van der Waals surface area contributed by atoms with Crippen LogP contribution in [0.2, 0.25) is 0 Å². The van der Waals surface area contributed by atoms with E-state index in [4.69, 9.17) is 0 Å². The molecular weight excluding hydrogens is 326 g/mol. The fourth-order valence-corrected chi connectivity index (χ4v) is 4.35. The van der Waals surface area contributed by atoms with Crippen LogP contribution in [-0.4, -0.2) is 48.9 Å². The number of aryl methyl sites for hydroxylation is 1. The molecule has 3 aliphatic rings. The molecule has 140 valence electrons. The van der Waals surface area contributed by atoms with E-state index in [2.05, 4.69) is 41.4 Å². The molecule has 1 aliphatic heterocycles. The minimum absolute atomic E-state index is 0.0180. The quantitative estimate of drug-likeness (QED) is 0.844. The summed E-state index contributed by atoms with van der Waals surface area (Å²) >= 11 is 0. The molecule has 0 aromatic heterocycles. The van der Waals surface area contributed by atoms with Gasteiger partial charge in [-0.3, -0.25) is 9.59 Å². The van der Waals surface area contributed by atoms with Gasteiger partial charge in [0.1, 0.15) is 5.41 Å². The Kier molecular flexibility index (Phi) is 4.63. The van der Waals surface area contributed by atoms with Gasteiger partial charge < -0.3 is 15.1 Å². The maximum absolute atomic E-state index is 13.0. The fourth-order valence-electron chi connectivity index (χ4n) is 4.35. The van der Waals surface area contributed by atoms with Gasteiger partial charge in [0.25, 0.3) is 0 Å². The lowest BCUT2D eigenvalue weighted by Gasteiger charge is -2.37. The van der Waals surface area contributed by atoms with E-state index in [9.17, 15) is 9.59 Å². The lowest BCUT2D eigenvalue weighted by molar-refractivity contribution is -0.144. The average molecular weight is 355 g/mol. The molecule has 0 bridgehead atoms. The van der Waals surface area contributed by atoms with Gasteiger partial charge >= 0.3 is 0 Å². The number of carbonyl (C=O) groups excluding carboxylic acids is 2. The normalized spacial score (nSPS) is 22.3. The molecule has 5 nitrogen and oxygen atoms in total. The second-order valence-corrected chi connectivity index (χ2v) is 8.16. The highest BCUT2D eigenvalue weighted by Gasteiger charge is 2.58.